The Hall–Kier alpha value is -1.58. The van der Waals surface area contributed by atoms with Gasteiger partial charge in [0.05, 0.1) is 0 Å². The number of ether oxygens (including phenoxy) is 2. The molecule has 0 radical (unpaired) electrons. The zero-order valence-electron chi connectivity index (χ0n) is 12.7. The maximum absolute atomic E-state index is 11.7. The highest BCUT2D eigenvalue weighted by molar-refractivity contribution is 5.87. The molecule has 0 aliphatic rings. The van der Waals surface area contributed by atoms with Gasteiger partial charge in [-0.15, -0.1) is 0 Å². The van der Waals surface area contributed by atoms with Gasteiger partial charge >= 0.3 is 11.9 Å². The Labute approximate surface area is 121 Å². The molecule has 1 unspecified atom stereocenters. The van der Waals surface area contributed by atoms with Crippen LogP contribution in [-0.4, -0.2) is 25.2 Å². The van der Waals surface area contributed by atoms with E-state index in [0.29, 0.717) is 17.9 Å². The van der Waals surface area contributed by atoms with Gasteiger partial charge in [0.1, 0.15) is 13.2 Å². The van der Waals surface area contributed by atoms with Gasteiger partial charge in [-0.25, -0.2) is 9.59 Å². The number of carbonyl (C=O) groups is 2. The van der Waals surface area contributed by atoms with Crippen molar-refractivity contribution in [3.63, 3.8) is 0 Å². The quantitative estimate of drug-likeness (QED) is 0.331. The van der Waals surface area contributed by atoms with Gasteiger partial charge < -0.3 is 9.47 Å². The van der Waals surface area contributed by atoms with Crippen LogP contribution in [0.2, 0.25) is 0 Å². The lowest BCUT2D eigenvalue weighted by atomic mass is 9.92. The van der Waals surface area contributed by atoms with Crippen molar-refractivity contribution >= 4 is 11.9 Å². The lowest BCUT2D eigenvalue weighted by molar-refractivity contribution is -0.146. The van der Waals surface area contributed by atoms with Crippen LogP contribution in [0.5, 0.6) is 0 Å². The number of hydrogen-bond donors (Lipinski definition) is 0. The summed E-state index contributed by atoms with van der Waals surface area (Å²) in [5, 5.41) is 0. The molecule has 114 valence electrons. The molecule has 0 spiro atoms. The molecule has 0 aromatic heterocycles. The van der Waals surface area contributed by atoms with E-state index >= 15 is 0 Å². The van der Waals surface area contributed by atoms with E-state index in [2.05, 4.69) is 27.0 Å². The van der Waals surface area contributed by atoms with Gasteiger partial charge in [-0.05, 0) is 12.3 Å². The van der Waals surface area contributed by atoms with Crippen LogP contribution in [0.1, 0.15) is 46.0 Å². The summed E-state index contributed by atoms with van der Waals surface area (Å²) < 4.78 is 9.71. The van der Waals surface area contributed by atoms with Crippen LogP contribution in [0, 0.1) is 5.92 Å². The van der Waals surface area contributed by atoms with Gasteiger partial charge in [-0.2, -0.15) is 0 Å². The van der Waals surface area contributed by atoms with Gasteiger partial charge in [0.2, 0.25) is 0 Å². The normalized spacial score (nSPS) is 11.5. The zero-order valence-corrected chi connectivity index (χ0v) is 12.7. The molecule has 0 bridgehead atoms. The first-order valence-corrected chi connectivity index (χ1v) is 7.19. The molecule has 20 heavy (non-hydrogen) atoms. The minimum atomic E-state index is -0.523. The molecule has 0 heterocycles. The van der Waals surface area contributed by atoms with Crippen LogP contribution in [0.3, 0.4) is 0 Å². The first kappa shape index (κ1) is 18.4. The van der Waals surface area contributed by atoms with Gasteiger partial charge in [0, 0.05) is 11.6 Å². The summed E-state index contributed by atoms with van der Waals surface area (Å²) >= 11 is 0. The Kier molecular flexibility index (Phi) is 10.4. The molecule has 4 nitrogen and oxygen atoms in total. The lowest BCUT2D eigenvalue weighted by Crippen LogP contribution is -2.15. The van der Waals surface area contributed by atoms with E-state index in [4.69, 9.17) is 9.47 Å². The second-order valence-electron chi connectivity index (χ2n) is 4.73. The van der Waals surface area contributed by atoms with Crippen LogP contribution >= 0.6 is 0 Å². The SMILES string of the molecule is C=CC(=O)OCCOC(=O)C(=C)CC(CC)CCCC. The molecule has 4 heteroatoms. The largest absolute Gasteiger partial charge is 0.459 e. The molecular formula is C16H26O4. The molecule has 0 aromatic carbocycles. The molecule has 0 fully saturated rings. The Morgan fingerprint density at radius 2 is 1.85 bits per heavy atom. The summed E-state index contributed by atoms with van der Waals surface area (Å²) in [6.07, 6.45) is 6.20. The number of rotatable bonds is 11. The monoisotopic (exact) mass is 282 g/mol. The Balaban J connectivity index is 3.93. The number of hydrogen-bond acceptors (Lipinski definition) is 4. The van der Waals surface area contributed by atoms with Gasteiger partial charge in [0.15, 0.2) is 0 Å². The molecule has 0 aliphatic carbocycles. The lowest BCUT2D eigenvalue weighted by Gasteiger charge is -2.15. The van der Waals surface area contributed by atoms with Crippen molar-refractivity contribution in [1.82, 2.24) is 0 Å². The third-order valence-corrected chi connectivity index (χ3v) is 3.09. The molecule has 0 saturated heterocycles. The molecule has 0 aliphatic heterocycles. The first-order chi connectivity index (χ1) is 9.54. The number of esters is 2. The fraction of sp³-hybridized carbons (Fsp3) is 0.625. The van der Waals surface area contributed by atoms with Crippen molar-refractivity contribution in [1.29, 1.82) is 0 Å². The fourth-order valence-electron chi connectivity index (χ4n) is 1.81. The van der Waals surface area contributed by atoms with Crippen LogP contribution in [0.25, 0.3) is 0 Å². The van der Waals surface area contributed by atoms with Crippen molar-refractivity contribution in [3.8, 4) is 0 Å². The predicted octanol–water partition coefficient (Wildman–Crippen LogP) is 3.42. The Morgan fingerprint density at radius 3 is 2.40 bits per heavy atom. The summed E-state index contributed by atoms with van der Waals surface area (Å²) in [5.41, 5.74) is 0.489. The highest BCUT2D eigenvalue weighted by Gasteiger charge is 2.14. The predicted molar refractivity (Wildman–Crippen MR) is 79.2 cm³/mol. The first-order valence-electron chi connectivity index (χ1n) is 7.19. The Morgan fingerprint density at radius 1 is 1.20 bits per heavy atom. The maximum Gasteiger partial charge on any atom is 0.333 e. The van der Waals surface area contributed by atoms with E-state index in [1.807, 2.05) is 0 Å². The van der Waals surface area contributed by atoms with Crippen molar-refractivity contribution in [2.45, 2.75) is 46.0 Å². The van der Waals surface area contributed by atoms with Gasteiger partial charge in [0.25, 0.3) is 0 Å². The van der Waals surface area contributed by atoms with Crippen molar-refractivity contribution in [2.75, 3.05) is 13.2 Å². The van der Waals surface area contributed by atoms with Crippen molar-refractivity contribution < 1.29 is 19.1 Å². The molecule has 0 rings (SSSR count). The smallest absolute Gasteiger partial charge is 0.333 e. The highest BCUT2D eigenvalue weighted by atomic mass is 16.6. The summed E-state index contributed by atoms with van der Waals surface area (Å²) in [6.45, 7) is 11.4. The second-order valence-corrected chi connectivity index (χ2v) is 4.73. The van der Waals surface area contributed by atoms with Gasteiger partial charge in [-0.3, -0.25) is 0 Å². The maximum atomic E-state index is 11.7. The summed E-state index contributed by atoms with van der Waals surface area (Å²) in [6, 6.07) is 0. The van der Waals surface area contributed by atoms with Gasteiger partial charge in [-0.1, -0.05) is 52.7 Å². The third-order valence-electron chi connectivity index (χ3n) is 3.09. The van der Waals surface area contributed by atoms with E-state index in [1.54, 1.807) is 0 Å². The third kappa shape index (κ3) is 8.51. The average molecular weight is 282 g/mol. The van der Waals surface area contributed by atoms with Crippen LogP contribution in [0.4, 0.5) is 0 Å². The summed E-state index contributed by atoms with van der Waals surface area (Å²) in [5.74, 6) is -0.450. The molecular weight excluding hydrogens is 256 g/mol. The van der Waals surface area contributed by atoms with Crippen molar-refractivity contribution in [3.05, 3.63) is 24.8 Å². The zero-order chi connectivity index (χ0) is 15.4. The average Bonchev–Trinajstić information content (AvgIpc) is 2.46. The number of carbonyl (C=O) groups excluding carboxylic acids is 2. The van der Waals surface area contributed by atoms with Crippen LogP contribution in [-0.2, 0) is 19.1 Å². The number of unbranched alkanes of at least 4 members (excludes halogenated alkanes) is 1. The van der Waals surface area contributed by atoms with E-state index in [0.717, 1.165) is 25.3 Å². The second kappa shape index (κ2) is 11.3. The minimum Gasteiger partial charge on any atom is -0.459 e. The standard InChI is InChI=1S/C16H26O4/c1-5-8-9-14(6-2)12-13(4)16(18)20-11-10-19-15(17)7-3/h7,14H,3-6,8-12H2,1-2H3. The minimum absolute atomic E-state index is 0.0386. The van der Waals surface area contributed by atoms with E-state index in [-0.39, 0.29) is 13.2 Å². The summed E-state index contributed by atoms with van der Waals surface area (Å²) in [4.78, 5) is 22.5. The van der Waals surface area contributed by atoms with Crippen LogP contribution < -0.4 is 0 Å². The van der Waals surface area contributed by atoms with Crippen molar-refractivity contribution in [2.24, 2.45) is 5.92 Å². The Bertz CT molecular complexity index is 333. The van der Waals surface area contributed by atoms with E-state index in [1.165, 1.54) is 6.42 Å². The fourth-order valence-corrected chi connectivity index (χ4v) is 1.81. The molecule has 0 amide bonds. The highest BCUT2D eigenvalue weighted by Crippen LogP contribution is 2.21. The molecule has 0 aromatic rings. The molecule has 1 atom stereocenters. The molecule has 0 saturated carbocycles. The van der Waals surface area contributed by atoms with E-state index < -0.39 is 11.9 Å². The van der Waals surface area contributed by atoms with E-state index in [9.17, 15) is 9.59 Å². The summed E-state index contributed by atoms with van der Waals surface area (Å²) in [7, 11) is 0. The topological polar surface area (TPSA) is 52.6 Å². The molecule has 0 N–H and O–H groups in total. The van der Waals surface area contributed by atoms with Crippen LogP contribution in [0.15, 0.2) is 24.8 Å².